The molecule has 4 nitrogen and oxygen atoms in total. The maximum Gasteiger partial charge on any atom is 0.253 e. The highest BCUT2D eigenvalue weighted by atomic mass is 35.5. The molecule has 0 spiro atoms. The van der Waals surface area contributed by atoms with Crippen molar-refractivity contribution in [2.45, 2.75) is 12.5 Å². The van der Waals surface area contributed by atoms with Crippen molar-refractivity contribution in [1.82, 2.24) is 4.57 Å². The van der Waals surface area contributed by atoms with Crippen LogP contribution < -0.4 is 5.56 Å². The zero-order valence-corrected chi connectivity index (χ0v) is 15.6. The minimum absolute atomic E-state index is 0.0324. The molecule has 2 aromatic rings. The maximum atomic E-state index is 12.4. The number of halogens is 2. The van der Waals surface area contributed by atoms with Gasteiger partial charge in [0.05, 0.1) is 27.6 Å². The van der Waals surface area contributed by atoms with Gasteiger partial charge in [-0.05, 0) is 36.3 Å². The molecule has 0 amide bonds. The fourth-order valence-corrected chi connectivity index (χ4v) is 5.98. The van der Waals surface area contributed by atoms with E-state index in [9.17, 15) is 13.2 Å². The first-order valence-corrected chi connectivity index (χ1v) is 10.5. The van der Waals surface area contributed by atoms with Gasteiger partial charge < -0.3 is 0 Å². The molecule has 2 heterocycles. The summed E-state index contributed by atoms with van der Waals surface area (Å²) >= 11 is 18.5. The minimum Gasteiger partial charge on any atom is -0.287 e. The Kier molecular flexibility index (Phi) is 4.68. The number of hydrogen-bond donors (Lipinski definition) is 0. The highest BCUT2D eigenvalue weighted by Gasteiger charge is 2.30. The third-order valence-electron chi connectivity index (χ3n) is 3.66. The summed E-state index contributed by atoms with van der Waals surface area (Å²) in [6, 6.07) is 6.18. The molecule has 1 saturated heterocycles. The molecule has 0 N–H and O–H groups in total. The van der Waals surface area contributed by atoms with Gasteiger partial charge in [-0.1, -0.05) is 29.3 Å². The predicted octanol–water partition coefficient (Wildman–Crippen LogP) is 3.97. The van der Waals surface area contributed by atoms with Gasteiger partial charge in [0.15, 0.2) is 13.8 Å². The molecule has 3 rings (SSSR count). The van der Waals surface area contributed by atoms with Crippen LogP contribution in [0.15, 0.2) is 29.1 Å². The average molecular weight is 408 g/mol. The van der Waals surface area contributed by atoms with Gasteiger partial charge >= 0.3 is 0 Å². The molecule has 1 aliphatic heterocycles. The normalized spacial score (nSPS) is 19.8. The smallest absolute Gasteiger partial charge is 0.253 e. The summed E-state index contributed by atoms with van der Waals surface area (Å²) in [4.78, 5) is 13.1. The van der Waals surface area contributed by atoms with Crippen molar-refractivity contribution >= 4 is 56.6 Å². The van der Waals surface area contributed by atoms with Gasteiger partial charge in [0, 0.05) is 10.9 Å². The van der Waals surface area contributed by atoms with Crippen LogP contribution in [0.1, 0.15) is 12.5 Å². The van der Waals surface area contributed by atoms with Crippen LogP contribution in [-0.4, -0.2) is 24.5 Å². The van der Waals surface area contributed by atoms with E-state index in [2.05, 4.69) is 0 Å². The van der Waals surface area contributed by atoms with E-state index in [0.29, 0.717) is 25.3 Å². The topological polar surface area (TPSA) is 56.1 Å². The first kappa shape index (κ1) is 17.1. The van der Waals surface area contributed by atoms with Gasteiger partial charge in [-0.3, -0.25) is 9.36 Å². The van der Waals surface area contributed by atoms with Crippen LogP contribution in [-0.2, 0) is 9.84 Å². The van der Waals surface area contributed by atoms with Crippen molar-refractivity contribution in [1.29, 1.82) is 0 Å². The Morgan fingerprint density at radius 1 is 1.22 bits per heavy atom. The zero-order chi connectivity index (χ0) is 16.8. The van der Waals surface area contributed by atoms with E-state index in [4.69, 9.17) is 35.4 Å². The Bertz CT molecular complexity index is 964. The minimum atomic E-state index is -3.08. The fraction of sp³-hybridized carbons (Fsp3) is 0.286. The van der Waals surface area contributed by atoms with E-state index in [0.717, 1.165) is 5.56 Å². The highest BCUT2D eigenvalue weighted by molar-refractivity contribution is 7.91. The van der Waals surface area contributed by atoms with Gasteiger partial charge in [-0.25, -0.2) is 8.42 Å². The quantitative estimate of drug-likeness (QED) is 0.706. The average Bonchev–Trinajstić information content (AvgIpc) is 2.81. The SMILES string of the molecule is O=c1cc(-c2ccc(Cl)c(Cl)c2)sc(=S)n1C1CCS(=O)(=O)C1. The molecule has 1 aliphatic rings. The lowest BCUT2D eigenvalue weighted by Gasteiger charge is -2.12. The first-order valence-electron chi connectivity index (χ1n) is 6.69. The molecule has 1 fully saturated rings. The maximum absolute atomic E-state index is 12.4. The molecule has 9 heteroatoms. The number of hydrogen-bond acceptors (Lipinski definition) is 5. The standard InChI is InChI=1S/C14H11Cl2NO3S3/c15-10-2-1-8(5-11(10)16)12-6-13(18)17(14(21)22-12)9-3-4-23(19,20)7-9/h1-2,5-6,9H,3-4,7H2. The van der Waals surface area contributed by atoms with Crippen LogP contribution in [0, 0.1) is 3.95 Å². The molecule has 0 bridgehead atoms. The number of sulfone groups is 1. The summed E-state index contributed by atoms with van der Waals surface area (Å²) in [5, 5.41) is 0.830. The second-order valence-corrected chi connectivity index (χ2v) is 9.99. The number of nitrogens with zero attached hydrogens (tertiary/aromatic N) is 1. The molecule has 1 atom stereocenters. The zero-order valence-electron chi connectivity index (χ0n) is 11.7. The van der Waals surface area contributed by atoms with Gasteiger partial charge in [0.2, 0.25) is 0 Å². The number of rotatable bonds is 2. The first-order chi connectivity index (χ1) is 10.8. The van der Waals surface area contributed by atoms with Crippen molar-refractivity contribution in [3.8, 4) is 10.4 Å². The lowest BCUT2D eigenvalue weighted by Crippen LogP contribution is -2.25. The van der Waals surface area contributed by atoms with E-state index >= 15 is 0 Å². The molecule has 0 radical (unpaired) electrons. The molecule has 23 heavy (non-hydrogen) atoms. The molecule has 0 aliphatic carbocycles. The Balaban J connectivity index is 2.06. The molecule has 1 unspecified atom stereocenters. The third-order valence-corrected chi connectivity index (χ3v) is 7.54. The largest absolute Gasteiger partial charge is 0.287 e. The van der Waals surface area contributed by atoms with Crippen molar-refractivity contribution in [2.24, 2.45) is 0 Å². The summed E-state index contributed by atoms with van der Waals surface area (Å²) < 4.78 is 25.0. The van der Waals surface area contributed by atoms with Crippen LogP contribution >= 0.6 is 46.8 Å². The van der Waals surface area contributed by atoms with E-state index in [1.807, 2.05) is 0 Å². The lowest BCUT2D eigenvalue weighted by atomic mass is 10.2. The molecular formula is C14H11Cl2NO3S3. The van der Waals surface area contributed by atoms with E-state index in [-0.39, 0.29) is 23.1 Å². The number of aromatic nitrogens is 1. The third kappa shape index (κ3) is 3.53. The van der Waals surface area contributed by atoms with Gasteiger partial charge in [0.25, 0.3) is 5.56 Å². The van der Waals surface area contributed by atoms with Gasteiger partial charge in [-0.15, -0.1) is 11.3 Å². The summed E-state index contributed by atoms with van der Waals surface area (Å²) in [6.45, 7) is 0. The van der Waals surface area contributed by atoms with Crippen LogP contribution in [0.25, 0.3) is 10.4 Å². The second-order valence-electron chi connectivity index (χ2n) is 5.27. The Labute approximate surface area is 152 Å². The van der Waals surface area contributed by atoms with E-state index < -0.39 is 9.84 Å². The summed E-state index contributed by atoms with van der Waals surface area (Å²) in [5.74, 6) is 0.0630. The lowest BCUT2D eigenvalue weighted by molar-refractivity contribution is 0.538. The van der Waals surface area contributed by atoms with Crippen molar-refractivity contribution in [3.05, 3.63) is 48.6 Å². The Hall–Kier alpha value is -0.730. The van der Waals surface area contributed by atoms with Crippen molar-refractivity contribution in [2.75, 3.05) is 11.5 Å². The molecule has 1 aromatic heterocycles. The Morgan fingerprint density at radius 2 is 1.96 bits per heavy atom. The molecule has 122 valence electrons. The predicted molar refractivity (Wildman–Crippen MR) is 97.2 cm³/mol. The van der Waals surface area contributed by atoms with E-state index in [1.165, 1.54) is 22.0 Å². The molecule has 1 aromatic carbocycles. The molecule has 0 saturated carbocycles. The molecular weight excluding hydrogens is 397 g/mol. The van der Waals surface area contributed by atoms with Crippen LogP contribution in [0.5, 0.6) is 0 Å². The van der Waals surface area contributed by atoms with Crippen LogP contribution in [0.2, 0.25) is 10.0 Å². The summed E-state index contributed by atoms with van der Waals surface area (Å²) in [6.07, 6.45) is 0.421. The van der Waals surface area contributed by atoms with Gasteiger partial charge in [0.1, 0.15) is 0 Å². The Morgan fingerprint density at radius 3 is 2.52 bits per heavy atom. The van der Waals surface area contributed by atoms with Crippen LogP contribution in [0.4, 0.5) is 0 Å². The highest BCUT2D eigenvalue weighted by Crippen LogP contribution is 2.31. The van der Waals surface area contributed by atoms with E-state index in [1.54, 1.807) is 18.2 Å². The van der Waals surface area contributed by atoms with Crippen molar-refractivity contribution in [3.63, 3.8) is 0 Å². The monoisotopic (exact) mass is 407 g/mol. The van der Waals surface area contributed by atoms with Crippen LogP contribution in [0.3, 0.4) is 0 Å². The fourth-order valence-electron chi connectivity index (χ4n) is 2.54. The second kappa shape index (κ2) is 6.29. The summed E-state index contributed by atoms with van der Waals surface area (Å²) in [5.41, 5.74) is 0.454. The number of benzene rings is 1. The van der Waals surface area contributed by atoms with Crippen molar-refractivity contribution < 1.29 is 8.42 Å². The van der Waals surface area contributed by atoms with Gasteiger partial charge in [-0.2, -0.15) is 0 Å². The summed E-state index contributed by atoms with van der Waals surface area (Å²) in [7, 11) is -3.08.